The van der Waals surface area contributed by atoms with Crippen LogP contribution in [0.3, 0.4) is 0 Å². The quantitative estimate of drug-likeness (QED) is 0.583. The van der Waals surface area contributed by atoms with E-state index in [-0.39, 0.29) is 17.6 Å². The van der Waals surface area contributed by atoms with Crippen LogP contribution in [0.4, 0.5) is 4.79 Å². The van der Waals surface area contributed by atoms with Crippen molar-refractivity contribution in [2.24, 2.45) is 0 Å². The Morgan fingerprint density at radius 1 is 1.32 bits per heavy atom. The van der Waals surface area contributed by atoms with E-state index in [2.05, 4.69) is 43.3 Å². The van der Waals surface area contributed by atoms with E-state index >= 15 is 0 Å². The Labute approximate surface area is 199 Å². The van der Waals surface area contributed by atoms with Gasteiger partial charge in [0.15, 0.2) is 0 Å². The normalized spacial score (nSPS) is 23.9. The summed E-state index contributed by atoms with van der Waals surface area (Å²) in [6.07, 6.45) is 10.4. The van der Waals surface area contributed by atoms with Gasteiger partial charge in [-0.1, -0.05) is 6.92 Å². The fraction of sp³-hybridized carbons (Fsp3) is 0.542. The summed E-state index contributed by atoms with van der Waals surface area (Å²) in [6, 6.07) is 4.98. The standard InChI is InChI=1S/C24H31N9O/c1-3-17(2)30-23(34)32-10-8-31(9-11-32)19-12-24(13-19,5-6-25)33-15-18(14-29-33)21-20-4-7-26-22(20)28-16-27-21/h4,7,14-17,19H,3,5,8-13H2,1-2H3,(H,30,34)(H,26,27,28)/t17-,19-,24+/m1/s1. The number of rotatable bonds is 6. The highest BCUT2D eigenvalue weighted by Gasteiger charge is 2.49. The first-order valence-corrected chi connectivity index (χ1v) is 12.0. The van der Waals surface area contributed by atoms with Gasteiger partial charge in [0.1, 0.15) is 12.0 Å². The second kappa shape index (κ2) is 9.06. The van der Waals surface area contributed by atoms with Crippen molar-refractivity contribution in [3.63, 3.8) is 0 Å². The maximum atomic E-state index is 12.4. The van der Waals surface area contributed by atoms with Gasteiger partial charge in [-0.15, -0.1) is 0 Å². The van der Waals surface area contributed by atoms with Crippen LogP contribution in [0.5, 0.6) is 0 Å². The zero-order valence-corrected chi connectivity index (χ0v) is 19.7. The largest absolute Gasteiger partial charge is 0.346 e. The van der Waals surface area contributed by atoms with Crippen LogP contribution < -0.4 is 5.32 Å². The highest BCUT2D eigenvalue weighted by Crippen LogP contribution is 2.45. The van der Waals surface area contributed by atoms with Crippen LogP contribution in [-0.2, 0) is 5.54 Å². The number of nitriles is 1. The molecule has 0 aromatic carbocycles. The first-order valence-electron chi connectivity index (χ1n) is 12.0. The Kier molecular flexibility index (Phi) is 5.96. The van der Waals surface area contributed by atoms with Crippen molar-refractivity contribution in [3.8, 4) is 17.3 Å². The number of H-pyrrole nitrogens is 1. The number of carbonyl (C=O) groups is 1. The van der Waals surface area contributed by atoms with E-state index in [0.717, 1.165) is 67.7 Å². The lowest BCUT2D eigenvalue weighted by molar-refractivity contribution is -0.0130. The maximum Gasteiger partial charge on any atom is 0.317 e. The van der Waals surface area contributed by atoms with Crippen LogP contribution in [0.25, 0.3) is 22.3 Å². The van der Waals surface area contributed by atoms with Crippen molar-refractivity contribution in [2.45, 2.75) is 57.2 Å². The Morgan fingerprint density at radius 3 is 2.85 bits per heavy atom. The number of piperazine rings is 1. The van der Waals surface area contributed by atoms with Crippen LogP contribution >= 0.6 is 0 Å². The summed E-state index contributed by atoms with van der Waals surface area (Å²) >= 11 is 0. The molecule has 0 unspecified atom stereocenters. The van der Waals surface area contributed by atoms with E-state index in [9.17, 15) is 10.1 Å². The van der Waals surface area contributed by atoms with E-state index in [4.69, 9.17) is 0 Å². The number of nitrogens with one attached hydrogen (secondary N) is 2. The predicted octanol–water partition coefficient (Wildman–Crippen LogP) is 2.72. The molecule has 178 valence electrons. The van der Waals surface area contributed by atoms with Gasteiger partial charge in [0.05, 0.1) is 29.9 Å². The molecular formula is C24H31N9O. The second-order valence-electron chi connectivity index (χ2n) is 9.54. The SMILES string of the molecule is CC[C@@H](C)NC(=O)N1CCN([C@H]2C[C@@](CC#N)(n3cc(-c4ncnc5[nH]ccc45)cn3)C2)CC1. The average Bonchev–Trinajstić information content (AvgIpc) is 3.51. The number of fused-ring (bicyclic) bond motifs is 1. The third-order valence-corrected chi connectivity index (χ3v) is 7.44. The van der Waals surface area contributed by atoms with Gasteiger partial charge in [-0.3, -0.25) is 9.58 Å². The second-order valence-corrected chi connectivity index (χ2v) is 9.54. The molecule has 2 aliphatic rings. The van der Waals surface area contributed by atoms with Crippen molar-refractivity contribution < 1.29 is 4.79 Å². The lowest BCUT2D eigenvalue weighted by atomic mass is 9.70. The molecule has 3 aromatic rings. The van der Waals surface area contributed by atoms with E-state index in [1.165, 1.54) is 0 Å². The molecule has 0 bridgehead atoms. The molecule has 1 aliphatic heterocycles. The van der Waals surface area contributed by atoms with Gasteiger partial charge in [0.2, 0.25) is 0 Å². The molecule has 10 nitrogen and oxygen atoms in total. The van der Waals surface area contributed by atoms with Gasteiger partial charge >= 0.3 is 6.03 Å². The molecule has 0 spiro atoms. The molecular weight excluding hydrogens is 430 g/mol. The smallest absolute Gasteiger partial charge is 0.317 e. The number of carbonyl (C=O) groups excluding carboxylic acids is 1. The molecule has 5 rings (SSSR count). The highest BCUT2D eigenvalue weighted by molar-refractivity contribution is 5.90. The molecule has 10 heteroatoms. The fourth-order valence-electron chi connectivity index (χ4n) is 5.14. The molecule has 34 heavy (non-hydrogen) atoms. The Morgan fingerprint density at radius 2 is 2.12 bits per heavy atom. The number of aromatic nitrogens is 5. The van der Waals surface area contributed by atoms with Gasteiger partial charge in [0, 0.05) is 61.6 Å². The molecule has 0 radical (unpaired) electrons. The first kappa shape index (κ1) is 22.3. The molecule has 2 amide bonds. The van der Waals surface area contributed by atoms with Crippen molar-refractivity contribution in [3.05, 3.63) is 31.0 Å². The predicted molar refractivity (Wildman–Crippen MR) is 128 cm³/mol. The van der Waals surface area contributed by atoms with E-state index in [1.54, 1.807) is 6.33 Å². The lowest BCUT2D eigenvalue weighted by Crippen LogP contribution is -2.61. The summed E-state index contributed by atoms with van der Waals surface area (Å²) in [7, 11) is 0. The summed E-state index contributed by atoms with van der Waals surface area (Å²) in [5.74, 6) is 0. The van der Waals surface area contributed by atoms with Crippen molar-refractivity contribution in [2.75, 3.05) is 26.2 Å². The van der Waals surface area contributed by atoms with Crippen LogP contribution in [0.15, 0.2) is 31.0 Å². The summed E-state index contributed by atoms with van der Waals surface area (Å²) < 4.78 is 1.97. The van der Waals surface area contributed by atoms with Crippen LogP contribution in [0.2, 0.25) is 0 Å². The third-order valence-electron chi connectivity index (χ3n) is 7.44. The van der Waals surface area contributed by atoms with E-state index < -0.39 is 0 Å². The Bertz CT molecular complexity index is 1190. The van der Waals surface area contributed by atoms with Gasteiger partial charge in [-0.05, 0) is 32.3 Å². The zero-order valence-electron chi connectivity index (χ0n) is 19.7. The van der Waals surface area contributed by atoms with Crippen LogP contribution in [0, 0.1) is 11.3 Å². The zero-order chi connectivity index (χ0) is 23.7. The number of nitrogens with zero attached hydrogens (tertiary/aromatic N) is 7. The van der Waals surface area contributed by atoms with E-state index in [1.807, 2.05) is 41.2 Å². The lowest BCUT2D eigenvalue weighted by Gasteiger charge is -2.52. The van der Waals surface area contributed by atoms with Gasteiger partial charge in [-0.2, -0.15) is 10.4 Å². The van der Waals surface area contributed by atoms with Gasteiger partial charge < -0.3 is 15.2 Å². The summed E-state index contributed by atoms with van der Waals surface area (Å²) in [5, 5.41) is 18.2. The van der Waals surface area contributed by atoms with Crippen molar-refractivity contribution in [1.29, 1.82) is 5.26 Å². The molecule has 2 N–H and O–H groups in total. The topological polar surface area (TPSA) is 119 Å². The summed E-state index contributed by atoms with van der Waals surface area (Å²) in [4.78, 5) is 28.6. The average molecular weight is 462 g/mol. The van der Waals surface area contributed by atoms with Crippen LogP contribution in [0.1, 0.15) is 39.5 Å². The summed E-state index contributed by atoms with van der Waals surface area (Å²) in [6.45, 7) is 7.29. The van der Waals surface area contributed by atoms with Crippen LogP contribution in [-0.4, -0.2) is 78.8 Å². The summed E-state index contributed by atoms with van der Waals surface area (Å²) in [5.41, 5.74) is 2.26. The Balaban J connectivity index is 1.24. The molecule has 3 aromatic heterocycles. The van der Waals surface area contributed by atoms with Gasteiger partial charge in [0.25, 0.3) is 0 Å². The number of amides is 2. The molecule has 1 aliphatic carbocycles. The monoisotopic (exact) mass is 461 g/mol. The minimum atomic E-state index is -0.299. The Hall–Kier alpha value is -3.45. The third kappa shape index (κ3) is 4.01. The number of hydrogen-bond donors (Lipinski definition) is 2. The van der Waals surface area contributed by atoms with Crippen molar-refractivity contribution >= 4 is 17.1 Å². The first-order chi connectivity index (χ1) is 16.5. The maximum absolute atomic E-state index is 12.4. The van der Waals surface area contributed by atoms with Gasteiger partial charge in [-0.25, -0.2) is 14.8 Å². The minimum Gasteiger partial charge on any atom is -0.346 e. The highest BCUT2D eigenvalue weighted by atomic mass is 16.2. The van der Waals surface area contributed by atoms with E-state index in [0.29, 0.717) is 12.5 Å². The molecule has 1 saturated carbocycles. The number of aromatic amines is 1. The molecule has 1 atom stereocenters. The fourth-order valence-corrected chi connectivity index (χ4v) is 5.14. The molecule has 4 heterocycles. The number of hydrogen-bond acceptors (Lipinski definition) is 6. The molecule has 1 saturated heterocycles. The van der Waals surface area contributed by atoms with Crippen molar-refractivity contribution in [1.82, 2.24) is 39.8 Å². The number of urea groups is 1. The minimum absolute atomic E-state index is 0.0340. The molecule has 2 fully saturated rings.